The minimum atomic E-state index is -0.773. The van der Waals surface area contributed by atoms with Crippen LogP contribution in [0.1, 0.15) is 53.9 Å². The monoisotopic (exact) mass is 344 g/mol. The Labute approximate surface area is 144 Å². The number of nitrogens with one attached hydrogen (secondary N) is 2. The molecule has 0 aliphatic carbocycles. The quantitative estimate of drug-likeness (QED) is 0.468. The highest BCUT2D eigenvalue weighted by Gasteiger charge is 2.26. The molecule has 7 nitrogen and oxygen atoms in total. The Hall–Kier alpha value is -1.79. The Balaban J connectivity index is 4.44. The molecular weight excluding hydrogens is 312 g/mol. The van der Waals surface area contributed by atoms with E-state index >= 15 is 0 Å². The first-order valence-electron chi connectivity index (χ1n) is 8.48. The van der Waals surface area contributed by atoms with Crippen LogP contribution in [-0.4, -0.2) is 43.8 Å². The van der Waals surface area contributed by atoms with E-state index in [9.17, 15) is 14.4 Å². The van der Waals surface area contributed by atoms with Crippen molar-refractivity contribution < 1.29 is 23.9 Å². The van der Waals surface area contributed by atoms with Crippen LogP contribution in [-0.2, 0) is 19.1 Å². The Morgan fingerprint density at radius 2 is 1.58 bits per heavy atom. The summed E-state index contributed by atoms with van der Waals surface area (Å²) in [7, 11) is 1.23. The average Bonchev–Trinajstić information content (AvgIpc) is 2.49. The summed E-state index contributed by atoms with van der Waals surface area (Å²) in [6.45, 7) is 9.99. The summed E-state index contributed by atoms with van der Waals surface area (Å²) in [6.07, 6.45) is 1.54. The average molecular weight is 344 g/mol. The summed E-state index contributed by atoms with van der Waals surface area (Å²) in [5.41, 5.74) is 0. The van der Waals surface area contributed by atoms with Gasteiger partial charge >= 0.3 is 12.1 Å². The fourth-order valence-corrected chi connectivity index (χ4v) is 2.07. The molecular formula is C17H32N2O5. The second-order valence-corrected chi connectivity index (χ2v) is 6.75. The Bertz CT molecular complexity index is 410. The van der Waals surface area contributed by atoms with Crippen molar-refractivity contribution in [3.05, 3.63) is 0 Å². The molecule has 0 radical (unpaired) electrons. The van der Waals surface area contributed by atoms with Crippen molar-refractivity contribution in [2.45, 2.75) is 66.0 Å². The number of carbonyl (C=O) groups is 3. The first-order valence-corrected chi connectivity index (χ1v) is 8.48. The molecule has 0 fully saturated rings. The van der Waals surface area contributed by atoms with Gasteiger partial charge in [0, 0.05) is 0 Å². The molecule has 0 saturated carbocycles. The van der Waals surface area contributed by atoms with E-state index in [0.29, 0.717) is 18.9 Å². The van der Waals surface area contributed by atoms with Crippen molar-refractivity contribution in [2.24, 2.45) is 11.8 Å². The fourth-order valence-electron chi connectivity index (χ4n) is 2.07. The predicted molar refractivity (Wildman–Crippen MR) is 91.4 cm³/mol. The molecule has 7 heteroatoms. The molecule has 0 spiro atoms. The standard InChI is InChI=1S/C17H32N2O5/c1-11(2)8-7-9-24-16(21)13(5)18-15(20)14(10-12(3)4)19-17(22)23-6/h11-14H,7-10H2,1-6H3,(H,18,20)(H,19,22). The SMILES string of the molecule is COC(=O)NC(CC(C)C)C(=O)NC(C)C(=O)OCCCC(C)C. The van der Waals surface area contributed by atoms with Gasteiger partial charge in [-0.1, -0.05) is 27.7 Å². The highest BCUT2D eigenvalue weighted by molar-refractivity contribution is 5.89. The van der Waals surface area contributed by atoms with Gasteiger partial charge in [-0.3, -0.25) is 4.79 Å². The fraction of sp³-hybridized carbons (Fsp3) is 0.824. The molecule has 0 saturated heterocycles. The Morgan fingerprint density at radius 1 is 0.958 bits per heavy atom. The second-order valence-electron chi connectivity index (χ2n) is 6.75. The number of esters is 1. The largest absolute Gasteiger partial charge is 0.464 e. The maximum atomic E-state index is 12.3. The third-order valence-corrected chi connectivity index (χ3v) is 3.38. The van der Waals surface area contributed by atoms with Gasteiger partial charge in [-0.2, -0.15) is 0 Å². The minimum absolute atomic E-state index is 0.191. The maximum Gasteiger partial charge on any atom is 0.407 e. The van der Waals surface area contributed by atoms with Crippen LogP contribution >= 0.6 is 0 Å². The number of carbonyl (C=O) groups excluding carboxylic acids is 3. The van der Waals surface area contributed by atoms with Crippen molar-refractivity contribution in [3.63, 3.8) is 0 Å². The highest BCUT2D eigenvalue weighted by Crippen LogP contribution is 2.07. The lowest BCUT2D eigenvalue weighted by atomic mass is 10.0. The van der Waals surface area contributed by atoms with Gasteiger partial charge in [-0.05, 0) is 38.0 Å². The zero-order valence-electron chi connectivity index (χ0n) is 15.7. The topological polar surface area (TPSA) is 93.7 Å². The normalized spacial score (nSPS) is 13.3. The lowest BCUT2D eigenvalue weighted by Crippen LogP contribution is -2.51. The van der Waals surface area contributed by atoms with E-state index in [1.165, 1.54) is 7.11 Å². The van der Waals surface area contributed by atoms with E-state index in [1.54, 1.807) is 6.92 Å². The van der Waals surface area contributed by atoms with E-state index in [4.69, 9.17) is 4.74 Å². The number of amides is 2. The van der Waals surface area contributed by atoms with E-state index in [2.05, 4.69) is 29.2 Å². The van der Waals surface area contributed by atoms with Crippen molar-refractivity contribution in [2.75, 3.05) is 13.7 Å². The van der Waals surface area contributed by atoms with Crippen LogP contribution in [0.5, 0.6) is 0 Å². The first-order chi connectivity index (χ1) is 11.2. The molecule has 0 bridgehead atoms. The molecule has 0 aliphatic rings. The van der Waals surface area contributed by atoms with Gasteiger partial charge < -0.3 is 20.1 Å². The number of alkyl carbamates (subject to hydrolysis) is 1. The summed E-state index contributed by atoms with van der Waals surface area (Å²) in [5, 5.41) is 5.06. The molecule has 0 aromatic heterocycles. The Morgan fingerprint density at radius 3 is 2.08 bits per heavy atom. The number of rotatable bonds is 10. The van der Waals surface area contributed by atoms with E-state index in [-0.39, 0.29) is 5.92 Å². The second kappa shape index (κ2) is 11.7. The zero-order valence-corrected chi connectivity index (χ0v) is 15.7. The number of hydrogen-bond donors (Lipinski definition) is 2. The van der Waals surface area contributed by atoms with Crippen molar-refractivity contribution >= 4 is 18.0 Å². The zero-order chi connectivity index (χ0) is 18.7. The van der Waals surface area contributed by atoms with Crippen LogP contribution < -0.4 is 10.6 Å². The van der Waals surface area contributed by atoms with E-state index in [0.717, 1.165) is 12.8 Å². The van der Waals surface area contributed by atoms with Gasteiger partial charge in [0.05, 0.1) is 13.7 Å². The third-order valence-electron chi connectivity index (χ3n) is 3.38. The molecule has 2 N–H and O–H groups in total. The predicted octanol–water partition coefficient (Wildman–Crippen LogP) is 2.24. The van der Waals surface area contributed by atoms with Crippen molar-refractivity contribution in [3.8, 4) is 0 Å². The van der Waals surface area contributed by atoms with Gasteiger partial charge in [0.2, 0.25) is 5.91 Å². The summed E-state index contributed by atoms with van der Waals surface area (Å²) in [6, 6.07) is -1.53. The highest BCUT2D eigenvalue weighted by atomic mass is 16.5. The maximum absolute atomic E-state index is 12.3. The number of ether oxygens (including phenoxy) is 2. The van der Waals surface area contributed by atoms with Crippen LogP contribution in [0.25, 0.3) is 0 Å². The summed E-state index contributed by atoms with van der Waals surface area (Å²) in [5.74, 6) is -0.160. The lowest BCUT2D eigenvalue weighted by molar-refractivity contribution is -0.147. The molecule has 2 atom stereocenters. The third kappa shape index (κ3) is 10.1. The molecule has 0 heterocycles. The van der Waals surface area contributed by atoms with Crippen molar-refractivity contribution in [1.82, 2.24) is 10.6 Å². The van der Waals surface area contributed by atoms with Crippen molar-refractivity contribution in [1.29, 1.82) is 0 Å². The summed E-state index contributed by atoms with van der Waals surface area (Å²) in [4.78, 5) is 35.5. The first kappa shape index (κ1) is 22.2. The van der Waals surface area contributed by atoms with E-state index < -0.39 is 30.1 Å². The molecule has 140 valence electrons. The van der Waals surface area contributed by atoms with Crippen LogP contribution in [0, 0.1) is 11.8 Å². The molecule has 0 aromatic rings. The van der Waals surface area contributed by atoms with E-state index in [1.807, 2.05) is 13.8 Å². The molecule has 24 heavy (non-hydrogen) atoms. The minimum Gasteiger partial charge on any atom is -0.464 e. The van der Waals surface area contributed by atoms with Crippen LogP contribution in [0.4, 0.5) is 4.79 Å². The van der Waals surface area contributed by atoms with Gasteiger partial charge in [0.25, 0.3) is 0 Å². The smallest absolute Gasteiger partial charge is 0.407 e. The Kier molecular flexibility index (Phi) is 10.8. The number of hydrogen-bond acceptors (Lipinski definition) is 5. The molecule has 0 aromatic carbocycles. The van der Waals surface area contributed by atoms with Crippen LogP contribution in [0.3, 0.4) is 0 Å². The summed E-state index contributed by atoms with van der Waals surface area (Å²) >= 11 is 0. The van der Waals surface area contributed by atoms with Gasteiger partial charge in [-0.15, -0.1) is 0 Å². The lowest BCUT2D eigenvalue weighted by Gasteiger charge is -2.21. The molecule has 0 aliphatic heterocycles. The van der Waals surface area contributed by atoms with Crippen LogP contribution in [0.15, 0.2) is 0 Å². The van der Waals surface area contributed by atoms with Crippen LogP contribution in [0.2, 0.25) is 0 Å². The molecule has 2 unspecified atom stereocenters. The number of methoxy groups -OCH3 is 1. The van der Waals surface area contributed by atoms with Gasteiger partial charge in [0.15, 0.2) is 0 Å². The molecule has 2 amide bonds. The molecule has 0 rings (SSSR count). The van der Waals surface area contributed by atoms with Gasteiger partial charge in [0.1, 0.15) is 12.1 Å². The van der Waals surface area contributed by atoms with Gasteiger partial charge in [-0.25, -0.2) is 9.59 Å². The summed E-state index contributed by atoms with van der Waals surface area (Å²) < 4.78 is 9.68.